The number of nitrogens with zero attached hydrogens (tertiary/aromatic N) is 1. The average Bonchev–Trinajstić information content (AvgIpc) is 2.50. The van der Waals surface area contributed by atoms with Crippen LogP contribution >= 0.6 is 23.2 Å². The summed E-state index contributed by atoms with van der Waals surface area (Å²) in [5, 5.41) is 12.3. The Balaban J connectivity index is 2.09. The summed E-state index contributed by atoms with van der Waals surface area (Å²) in [6, 6.07) is 10.4. The van der Waals surface area contributed by atoms with E-state index in [1.165, 1.54) is 48.3 Å². The molecule has 0 saturated carbocycles. The molecule has 2 N–H and O–H groups in total. The first kappa shape index (κ1) is 16.1. The van der Waals surface area contributed by atoms with Crippen LogP contribution in [0, 0.1) is 0 Å². The number of aromatic hydroxyl groups is 1. The zero-order chi connectivity index (χ0) is 16.3. The molecule has 0 heterocycles. The van der Waals surface area contributed by atoms with Crippen LogP contribution in [-0.2, 0) is 9.59 Å². The summed E-state index contributed by atoms with van der Waals surface area (Å²) in [5.74, 6) is -1.49. The Bertz CT molecular complexity index is 717. The Morgan fingerprint density at radius 2 is 1.68 bits per heavy atom. The molecular weight excluding hydrogens is 327 g/mol. The normalized spacial score (nSPS) is 10.1. The molecule has 0 atom stereocenters. The number of hydrogen-bond acceptors (Lipinski definition) is 3. The van der Waals surface area contributed by atoms with Crippen LogP contribution in [0.5, 0.6) is 5.75 Å². The molecule has 0 aromatic heterocycles. The molecule has 7 heteroatoms. The number of amides is 2. The highest BCUT2D eigenvalue weighted by atomic mass is 35.5. The van der Waals surface area contributed by atoms with Gasteiger partial charge in [0.15, 0.2) is 0 Å². The van der Waals surface area contributed by atoms with Crippen molar-refractivity contribution in [3.05, 3.63) is 52.5 Å². The molecule has 114 valence electrons. The monoisotopic (exact) mass is 338 g/mol. The number of carbonyl (C=O) groups is 2. The van der Waals surface area contributed by atoms with E-state index in [0.29, 0.717) is 16.4 Å². The van der Waals surface area contributed by atoms with Gasteiger partial charge in [0.05, 0.1) is 10.0 Å². The lowest BCUT2D eigenvalue weighted by molar-refractivity contribution is -0.134. The zero-order valence-corrected chi connectivity index (χ0v) is 13.0. The summed E-state index contributed by atoms with van der Waals surface area (Å²) in [6.45, 7) is 0. The zero-order valence-electron chi connectivity index (χ0n) is 11.5. The van der Waals surface area contributed by atoms with Gasteiger partial charge in [-0.3, -0.25) is 9.59 Å². The third-order valence-corrected chi connectivity index (χ3v) is 3.65. The van der Waals surface area contributed by atoms with Crippen molar-refractivity contribution in [3.8, 4) is 5.75 Å². The Kier molecular flexibility index (Phi) is 4.90. The highest BCUT2D eigenvalue weighted by molar-refractivity contribution is 6.45. The number of likely N-dealkylation sites (N-methyl/N-ethyl adjacent to an activating group) is 1. The van der Waals surface area contributed by atoms with E-state index < -0.39 is 11.8 Å². The van der Waals surface area contributed by atoms with E-state index in [1.54, 1.807) is 6.07 Å². The van der Waals surface area contributed by atoms with Crippen LogP contribution < -0.4 is 10.2 Å². The second kappa shape index (κ2) is 6.68. The van der Waals surface area contributed by atoms with Crippen LogP contribution in [0.2, 0.25) is 10.0 Å². The molecule has 0 bridgehead atoms. The van der Waals surface area contributed by atoms with E-state index in [2.05, 4.69) is 5.32 Å². The van der Waals surface area contributed by atoms with Crippen LogP contribution in [0.15, 0.2) is 42.5 Å². The summed E-state index contributed by atoms with van der Waals surface area (Å²) in [4.78, 5) is 25.2. The lowest BCUT2D eigenvalue weighted by atomic mass is 10.2. The molecule has 2 amide bonds. The molecule has 0 aliphatic rings. The summed E-state index contributed by atoms with van der Waals surface area (Å²) in [6.07, 6.45) is 0. The smallest absolute Gasteiger partial charge is 0.316 e. The van der Waals surface area contributed by atoms with Crippen molar-refractivity contribution in [2.24, 2.45) is 0 Å². The minimum atomic E-state index is -0.811. The summed E-state index contributed by atoms with van der Waals surface area (Å²) < 4.78 is 0. The number of carbonyl (C=O) groups excluding carboxylic acids is 2. The molecule has 0 spiro atoms. The molecule has 0 radical (unpaired) electrons. The second-order valence-corrected chi connectivity index (χ2v) is 5.28. The van der Waals surface area contributed by atoms with Crippen LogP contribution in [0.1, 0.15) is 0 Å². The molecular formula is C15H12Cl2N2O3. The Hall–Kier alpha value is -2.24. The van der Waals surface area contributed by atoms with E-state index in [4.69, 9.17) is 23.2 Å². The minimum Gasteiger partial charge on any atom is -0.508 e. The number of benzene rings is 2. The first-order chi connectivity index (χ1) is 10.4. The lowest BCUT2D eigenvalue weighted by Gasteiger charge is -2.17. The van der Waals surface area contributed by atoms with Crippen molar-refractivity contribution in [1.82, 2.24) is 0 Å². The molecule has 2 rings (SSSR count). The van der Waals surface area contributed by atoms with Gasteiger partial charge in [-0.25, -0.2) is 0 Å². The van der Waals surface area contributed by atoms with Gasteiger partial charge in [0.2, 0.25) is 0 Å². The lowest BCUT2D eigenvalue weighted by Crippen LogP contribution is -2.37. The van der Waals surface area contributed by atoms with Gasteiger partial charge in [0, 0.05) is 18.4 Å². The summed E-state index contributed by atoms with van der Waals surface area (Å²) in [5.41, 5.74) is 0.846. The third-order valence-electron chi connectivity index (χ3n) is 2.91. The van der Waals surface area contributed by atoms with E-state index in [1.807, 2.05) is 0 Å². The molecule has 0 unspecified atom stereocenters. The number of halogens is 2. The van der Waals surface area contributed by atoms with Gasteiger partial charge in [-0.2, -0.15) is 0 Å². The van der Waals surface area contributed by atoms with Crippen molar-refractivity contribution in [2.45, 2.75) is 0 Å². The first-order valence-electron chi connectivity index (χ1n) is 6.21. The number of phenolic OH excluding ortho intramolecular Hbond substituents is 1. The predicted molar refractivity (Wildman–Crippen MR) is 86.6 cm³/mol. The summed E-state index contributed by atoms with van der Waals surface area (Å²) >= 11 is 11.6. The van der Waals surface area contributed by atoms with Crippen LogP contribution in [0.25, 0.3) is 0 Å². The molecule has 0 aliphatic carbocycles. The van der Waals surface area contributed by atoms with Crippen molar-refractivity contribution < 1.29 is 14.7 Å². The van der Waals surface area contributed by atoms with Gasteiger partial charge in [-0.15, -0.1) is 0 Å². The fraction of sp³-hybridized carbons (Fsp3) is 0.0667. The number of nitrogens with one attached hydrogen (secondary N) is 1. The van der Waals surface area contributed by atoms with Gasteiger partial charge < -0.3 is 15.3 Å². The molecule has 5 nitrogen and oxygen atoms in total. The van der Waals surface area contributed by atoms with Gasteiger partial charge in [0.1, 0.15) is 5.75 Å². The van der Waals surface area contributed by atoms with Crippen molar-refractivity contribution in [2.75, 3.05) is 17.3 Å². The van der Waals surface area contributed by atoms with Crippen molar-refractivity contribution >= 4 is 46.4 Å². The molecule has 2 aromatic rings. The van der Waals surface area contributed by atoms with Crippen LogP contribution in [-0.4, -0.2) is 24.0 Å². The molecule has 22 heavy (non-hydrogen) atoms. The molecule has 0 saturated heterocycles. The number of anilines is 2. The van der Waals surface area contributed by atoms with Crippen molar-refractivity contribution in [3.63, 3.8) is 0 Å². The van der Waals surface area contributed by atoms with Crippen LogP contribution in [0.4, 0.5) is 11.4 Å². The first-order valence-corrected chi connectivity index (χ1v) is 6.97. The highest BCUT2D eigenvalue weighted by Crippen LogP contribution is 2.25. The third kappa shape index (κ3) is 3.69. The van der Waals surface area contributed by atoms with E-state index in [0.717, 1.165) is 0 Å². The Labute approximate surface area is 137 Å². The fourth-order valence-electron chi connectivity index (χ4n) is 1.70. The SMILES string of the molecule is CN(C(=O)C(=O)Nc1ccc(Cl)c(Cl)c1)c1ccc(O)cc1. The largest absolute Gasteiger partial charge is 0.508 e. The average molecular weight is 339 g/mol. The van der Waals surface area contributed by atoms with Crippen molar-refractivity contribution in [1.29, 1.82) is 0 Å². The highest BCUT2D eigenvalue weighted by Gasteiger charge is 2.20. The predicted octanol–water partition coefficient (Wildman–Crippen LogP) is 3.30. The van der Waals surface area contributed by atoms with Gasteiger partial charge in [0.25, 0.3) is 0 Å². The Morgan fingerprint density at radius 3 is 2.27 bits per heavy atom. The maximum atomic E-state index is 12.1. The minimum absolute atomic E-state index is 0.0739. The number of rotatable bonds is 2. The van der Waals surface area contributed by atoms with E-state index >= 15 is 0 Å². The van der Waals surface area contributed by atoms with Gasteiger partial charge >= 0.3 is 11.8 Å². The molecule has 2 aromatic carbocycles. The summed E-state index contributed by atoms with van der Waals surface area (Å²) in [7, 11) is 1.46. The number of hydrogen-bond donors (Lipinski definition) is 2. The van der Waals surface area contributed by atoms with Crippen LogP contribution in [0.3, 0.4) is 0 Å². The topological polar surface area (TPSA) is 69.6 Å². The molecule has 0 aliphatic heterocycles. The fourth-order valence-corrected chi connectivity index (χ4v) is 2.00. The van der Waals surface area contributed by atoms with E-state index in [9.17, 15) is 14.7 Å². The van der Waals surface area contributed by atoms with E-state index in [-0.39, 0.29) is 10.8 Å². The Morgan fingerprint density at radius 1 is 1.05 bits per heavy atom. The maximum Gasteiger partial charge on any atom is 0.316 e. The van der Waals surface area contributed by atoms with Gasteiger partial charge in [-0.05, 0) is 42.5 Å². The quantitative estimate of drug-likeness (QED) is 0.825. The molecule has 0 fully saturated rings. The number of phenols is 1. The maximum absolute atomic E-state index is 12.1. The second-order valence-electron chi connectivity index (χ2n) is 4.46. The standard InChI is InChI=1S/C15H12Cl2N2O3/c1-19(10-3-5-11(20)6-4-10)15(22)14(21)18-9-2-7-12(16)13(17)8-9/h2-8,20H,1H3,(H,18,21). The van der Waals surface area contributed by atoms with Gasteiger partial charge in [-0.1, -0.05) is 23.2 Å².